The normalized spacial score (nSPS) is 18.5. The topological polar surface area (TPSA) is 15.3 Å². The van der Waals surface area contributed by atoms with Gasteiger partial charge in [0.15, 0.2) is 0 Å². The molecule has 1 atom stereocenters. The van der Waals surface area contributed by atoms with Gasteiger partial charge in [0.2, 0.25) is 0 Å². The van der Waals surface area contributed by atoms with Gasteiger partial charge in [-0.25, -0.2) is 0 Å². The number of para-hydroxylation sites is 2. The first kappa shape index (κ1) is 10.9. The fourth-order valence-corrected chi connectivity index (χ4v) is 2.17. The van der Waals surface area contributed by atoms with Crippen LogP contribution in [0.25, 0.3) is 0 Å². The number of hydrogen-bond donors (Lipinski definition) is 1. The second-order valence-corrected chi connectivity index (χ2v) is 4.25. The van der Waals surface area contributed by atoms with Crippen molar-refractivity contribution in [1.82, 2.24) is 0 Å². The van der Waals surface area contributed by atoms with Gasteiger partial charge in [-0.2, -0.15) is 0 Å². The van der Waals surface area contributed by atoms with Gasteiger partial charge >= 0.3 is 0 Å². The van der Waals surface area contributed by atoms with Gasteiger partial charge in [0.25, 0.3) is 0 Å². The van der Waals surface area contributed by atoms with Gasteiger partial charge in [0.05, 0.1) is 11.4 Å². The first-order chi connectivity index (χ1) is 7.83. The summed E-state index contributed by atoms with van der Waals surface area (Å²) >= 11 is 0. The van der Waals surface area contributed by atoms with Crippen LogP contribution in [0.3, 0.4) is 0 Å². The standard InChI is InChI=1S/C14H18N2/c1-3-4-7-10-16-12(2)11-15-13-8-5-6-9-14(13)16/h1,5-6,8-9,12,15H,4,7,10-11H2,2H3. The molecule has 0 radical (unpaired) electrons. The molecule has 1 unspecified atom stereocenters. The number of terminal acetylenes is 1. The van der Waals surface area contributed by atoms with Gasteiger partial charge in [0, 0.05) is 25.6 Å². The van der Waals surface area contributed by atoms with Crippen molar-refractivity contribution in [2.75, 3.05) is 23.3 Å². The molecule has 1 aliphatic heterocycles. The van der Waals surface area contributed by atoms with Gasteiger partial charge < -0.3 is 10.2 Å². The molecule has 0 saturated carbocycles. The Balaban J connectivity index is 2.14. The lowest BCUT2D eigenvalue weighted by atomic mass is 10.1. The molecule has 1 aromatic rings. The van der Waals surface area contributed by atoms with Gasteiger partial charge in [0.1, 0.15) is 0 Å². The Labute approximate surface area is 97.7 Å². The third kappa shape index (κ3) is 2.14. The van der Waals surface area contributed by atoms with E-state index in [4.69, 9.17) is 6.42 Å². The second kappa shape index (κ2) is 4.94. The molecule has 2 nitrogen and oxygen atoms in total. The van der Waals surface area contributed by atoms with Crippen molar-refractivity contribution in [3.05, 3.63) is 24.3 Å². The van der Waals surface area contributed by atoms with E-state index in [0.717, 1.165) is 25.9 Å². The molecule has 84 valence electrons. The summed E-state index contributed by atoms with van der Waals surface area (Å²) in [6.45, 7) is 4.30. The summed E-state index contributed by atoms with van der Waals surface area (Å²) in [6, 6.07) is 9.00. The molecule has 2 rings (SSSR count). The van der Waals surface area contributed by atoms with Gasteiger partial charge in [-0.15, -0.1) is 12.3 Å². The number of unbranched alkanes of at least 4 members (excludes halogenated alkanes) is 1. The highest BCUT2D eigenvalue weighted by atomic mass is 15.2. The molecular formula is C14H18N2. The van der Waals surface area contributed by atoms with E-state index < -0.39 is 0 Å². The molecule has 1 aliphatic rings. The average Bonchev–Trinajstić information content (AvgIpc) is 2.32. The molecule has 0 amide bonds. The van der Waals surface area contributed by atoms with E-state index in [9.17, 15) is 0 Å². The zero-order valence-electron chi connectivity index (χ0n) is 9.74. The molecule has 16 heavy (non-hydrogen) atoms. The van der Waals surface area contributed by atoms with Crippen molar-refractivity contribution in [3.63, 3.8) is 0 Å². The van der Waals surface area contributed by atoms with E-state index in [0.29, 0.717) is 6.04 Å². The van der Waals surface area contributed by atoms with Crippen LogP contribution in [-0.4, -0.2) is 19.1 Å². The Kier molecular flexibility index (Phi) is 3.36. The zero-order chi connectivity index (χ0) is 11.4. The Hall–Kier alpha value is -1.62. The van der Waals surface area contributed by atoms with Crippen LogP contribution in [0.1, 0.15) is 19.8 Å². The third-order valence-electron chi connectivity index (χ3n) is 3.05. The summed E-state index contributed by atoms with van der Waals surface area (Å²) in [5, 5.41) is 3.45. The fourth-order valence-electron chi connectivity index (χ4n) is 2.17. The van der Waals surface area contributed by atoms with Crippen molar-refractivity contribution < 1.29 is 0 Å². The first-order valence-electron chi connectivity index (χ1n) is 5.86. The maximum Gasteiger partial charge on any atom is 0.0605 e. The fraction of sp³-hybridized carbons (Fsp3) is 0.429. The first-order valence-corrected chi connectivity index (χ1v) is 5.86. The Morgan fingerprint density at radius 2 is 2.31 bits per heavy atom. The number of fused-ring (bicyclic) bond motifs is 1. The second-order valence-electron chi connectivity index (χ2n) is 4.25. The van der Waals surface area contributed by atoms with Crippen LogP contribution in [0.4, 0.5) is 11.4 Å². The zero-order valence-corrected chi connectivity index (χ0v) is 9.74. The van der Waals surface area contributed by atoms with Crippen LogP contribution in [0.5, 0.6) is 0 Å². The lowest BCUT2D eigenvalue weighted by molar-refractivity contribution is 0.626. The van der Waals surface area contributed by atoms with E-state index in [2.05, 4.69) is 47.3 Å². The number of rotatable bonds is 3. The summed E-state index contributed by atoms with van der Waals surface area (Å²) in [6.07, 6.45) is 7.22. The Morgan fingerprint density at radius 3 is 3.12 bits per heavy atom. The number of nitrogens with one attached hydrogen (secondary N) is 1. The van der Waals surface area contributed by atoms with E-state index in [1.807, 2.05) is 0 Å². The minimum Gasteiger partial charge on any atom is -0.381 e. The molecule has 0 bridgehead atoms. The molecule has 0 aromatic heterocycles. The number of nitrogens with zero attached hydrogens (tertiary/aromatic N) is 1. The third-order valence-corrected chi connectivity index (χ3v) is 3.05. The highest BCUT2D eigenvalue weighted by Crippen LogP contribution is 2.30. The maximum absolute atomic E-state index is 5.29. The van der Waals surface area contributed by atoms with Crippen LogP contribution in [0.2, 0.25) is 0 Å². The van der Waals surface area contributed by atoms with Gasteiger partial charge in [-0.3, -0.25) is 0 Å². The van der Waals surface area contributed by atoms with Crippen LogP contribution in [0.15, 0.2) is 24.3 Å². The molecule has 1 aromatic carbocycles. The quantitative estimate of drug-likeness (QED) is 0.615. The Bertz CT molecular complexity index is 392. The highest BCUT2D eigenvalue weighted by molar-refractivity contribution is 5.72. The van der Waals surface area contributed by atoms with Crippen LogP contribution < -0.4 is 10.2 Å². The van der Waals surface area contributed by atoms with Crippen LogP contribution >= 0.6 is 0 Å². The van der Waals surface area contributed by atoms with Crippen molar-refractivity contribution in [2.45, 2.75) is 25.8 Å². The lowest BCUT2D eigenvalue weighted by Crippen LogP contribution is -2.42. The van der Waals surface area contributed by atoms with Crippen molar-refractivity contribution in [2.24, 2.45) is 0 Å². The summed E-state index contributed by atoms with van der Waals surface area (Å²) in [5.41, 5.74) is 2.54. The molecule has 0 saturated heterocycles. The summed E-state index contributed by atoms with van der Waals surface area (Å²) in [5.74, 6) is 2.70. The molecule has 0 aliphatic carbocycles. The van der Waals surface area contributed by atoms with E-state index in [-0.39, 0.29) is 0 Å². The molecule has 1 heterocycles. The minimum atomic E-state index is 0.535. The molecule has 2 heteroatoms. The highest BCUT2D eigenvalue weighted by Gasteiger charge is 2.21. The van der Waals surface area contributed by atoms with Gasteiger partial charge in [-0.05, 0) is 25.5 Å². The predicted octanol–water partition coefficient (Wildman–Crippen LogP) is 2.72. The minimum absolute atomic E-state index is 0.535. The molecule has 1 N–H and O–H groups in total. The van der Waals surface area contributed by atoms with Crippen molar-refractivity contribution in [1.29, 1.82) is 0 Å². The van der Waals surface area contributed by atoms with Crippen LogP contribution in [-0.2, 0) is 0 Å². The van der Waals surface area contributed by atoms with Crippen molar-refractivity contribution >= 4 is 11.4 Å². The summed E-state index contributed by atoms with van der Waals surface area (Å²) in [7, 11) is 0. The monoisotopic (exact) mass is 214 g/mol. The van der Waals surface area contributed by atoms with Gasteiger partial charge in [-0.1, -0.05) is 12.1 Å². The molecule has 0 fully saturated rings. The number of benzene rings is 1. The predicted molar refractivity (Wildman–Crippen MR) is 69.8 cm³/mol. The smallest absolute Gasteiger partial charge is 0.0605 e. The average molecular weight is 214 g/mol. The van der Waals surface area contributed by atoms with E-state index in [1.165, 1.54) is 11.4 Å². The summed E-state index contributed by atoms with van der Waals surface area (Å²) in [4.78, 5) is 2.45. The Morgan fingerprint density at radius 1 is 1.50 bits per heavy atom. The van der Waals surface area contributed by atoms with Crippen LogP contribution in [0, 0.1) is 12.3 Å². The van der Waals surface area contributed by atoms with E-state index >= 15 is 0 Å². The number of anilines is 2. The van der Waals surface area contributed by atoms with Crippen molar-refractivity contribution in [3.8, 4) is 12.3 Å². The lowest BCUT2D eigenvalue weighted by Gasteiger charge is -2.37. The summed E-state index contributed by atoms with van der Waals surface area (Å²) < 4.78 is 0. The largest absolute Gasteiger partial charge is 0.381 e. The maximum atomic E-state index is 5.29. The molecular weight excluding hydrogens is 196 g/mol. The number of hydrogen-bond acceptors (Lipinski definition) is 2. The molecule has 0 spiro atoms. The SMILES string of the molecule is C#CCCCN1c2ccccc2NCC1C. The van der Waals surface area contributed by atoms with E-state index in [1.54, 1.807) is 0 Å².